The van der Waals surface area contributed by atoms with Crippen LogP contribution in [-0.2, 0) is 14.3 Å². The predicted octanol–water partition coefficient (Wildman–Crippen LogP) is -1.51. The van der Waals surface area contributed by atoms with Gasteiger partial charge >= 0.3 is 12.0 Å². The Morgan fingerprint density at radius 1 is 1.50 bits per heavy atom. The van der Waals surface area contributed by atoms with Gasteiger partial charge in [-0.05, 0) is 0 Å². The van der Waals surface area contributed by atoms with E-state index in [9.17, 15) is 9.59 Å². The Bertz CT molecular complexity index is 286. The summed E-state index contributed by atoms with van der Waals surface area (Å²) in [5.41, 5.74) is 0. The number of aliphatic carboxylic acids is 1. The zero-order chi connectivity index (χ0) is 13.4. The van der Waals surface area contributed by atoms with Gasteiger partial charge in [0.2, 0.25) is 0 Å². The molecule has 0 radical (unpaired) electrons. The fourth-order valence-corrected chi connectivity index (χ4v) is 1.52. The molecule has 0 spiro atoms. The molecule has 1 unspecified atom stereocenters. The molecule has 3 N–H and O–H groups in total. The average Bonchev–Trinajstić information content (AvgIpc) is 2.37. The van der Waals surface area contributed by atoms with E-state index < -0.39 is 5.97 Å². The van der Waals surface area contributed by atoms with E-state index in [2.05, 4.69) is 5.32 Å². The van der Waals surface area contributed by atoms with Crippen LogP contribution >= 0.6 is 0 Å². The van der Waals surface area contributed by atoms with Crippen molar-refractivity contribution in [3.63, 3.8) is 0 Å². The van der Waals surface area contributed by atoms with Gasteiger partial charge in [0.25, 0.3) is 0 Å². The molecule has 0 saturated carbocycles. The maximum atomic E-state index is 11.7. The van der Waals surface area contributed by atoms with Crippen LogP contribution in [0.15, 0.2) is 0 Å². The third kappa shape index (κ3) is 5.30. The van der Waals surface area contributed by atoms with Gasteiger partial charge in [-0.15, -0.1) is 0 Å². The summed E-state index contributed by atoms with van der Waals surface area (Å²) in [5.74, 6) is -1.04. The summed E-state index contributed by atoms with van der Waals surface area (Å²) in [6.45, 7) is 1.11. The maximum Gasteiger partial charge on any atom is 0.329 e. The zero-order valence-electron chi connectivity index (χ0n) is 10.0. The highest BCUT2D eigenvalue weighted by Crippen LogP contribution is 2.04. The first-order valence-corrected chi connectivity index (χ1v) is 5.68. The van der Waals surface area contributed by atoms with E-state index in [1.54, 1.807) is 4.90 Å². The molecule has 8 nitrogen and oxygen atoms in total. The van der Waals surface area contributed by atoms with Crippen LogP contribution in [0.25, 0.3) is 0 Å². The molecule has 0 aliphatic carbocycles. The van der Waals surface area contributed by atoms with Crippen molar-refractivity contribution in [1.82, 2.24) is 10.2 Å². The third-order valence-corrected chi connectivity index (χ3v) is 2.38. The number of carboxylic acids is 1. The van der Waals surface area contributed by atoms with Crippen LogP contribution in [0, 0.1) is 0 Å². The molecule has 1 aliphatic heterocycles. The summed E-state index contributed by atoms with van der Waals surface area (Å²) < 4.78 is 9.99. The number of hydrogen-bond acceptors (Lipinski definition) is 5. The summed E-state index contributed by atoms with van der Waals surface area (Å²) >= 11 is 0. The number of hydrogen-bond donors (Lipinski definition) is 3. The molecule has 1 saturated heterocycles. The Hall–Kier alpha value is -1.38. The van der Waals surface area contributed by atoms with Crippen molar-refractivity contribution >= 4 is 12.0 Å². The summed E-state index contributed by atoms with van der Waals surface area (Å²) in [5, 5.41) is 19.9. The number of carboxylic acid groups (broad SMARTS) is 1. The monoisotopic (exact) mass is 262 g/mol. The molecule has 104 valence electrons. The number of aliphatic hydroxyl groups excluding tert-OH is 1. The van der Waals surface area contributed by atoms with Gasteiger partial charge in [-0.3, -0.25) is 0 Å². The van der Waals surface area contributed by atoms with Gasteiger partial charge in [-0.1, -0.05) is 0 Å². The highest BCUT2D eigenvalue weighted by molar-refractivity contribution is 5.74. The van der Waals surface area contributed by atoms with E-state index in [-0.39, 0.29) is 38.5 Å². The molecule has 18 heavy (non-hydrogen) atoms. The fraction of sp³-hybridized carbons (Fsp3) is 0.800. The van der Waals surface area contributed by atoms with Gasteiger partial charge in [0.1, 0.15) is 6.61 Å². The van der Waals surface area contributed by atoms with Gasteiger partial charge in [0.05, 0.1) is 32.5 Å². The van der Waals surface area contributed by atoms with Crippen LogP contribution in [-0.4, -0.2) is 79.3 Å². The number of carbonyl (C=O) groups is 2. The number of rotatable bonds is 6. The van der Waals surface area contributed by atoms with E-state index >= 15 is 0 Å². The lowest BCUT2D eigenvalue weighted by molar-refractivity contribution is -0.142. The van der Waals surface area contributed by atoms with Crippen LogP contribution in [0.1, 0.15) is 0 Å². The van der Waals surface area contributed by atoms with Crippen molar-refractivity contribution in [2.24, 2.45) is 0 Å². The minimum Gasteiger partial charge on any atom is -0.480 e. The highest BCUT2D eigenvalue weighted by Gasteiger charge is 2.23. The molecule has 1 fully saturated rings. The quantitative estimate of drug-likeness (QED) is 0.502. The number of nitrogens with zero attached hydrogens (tertiary/aromatic N) is 1. The number of nitrogens with one attached hydrogen (secondary N) is 1. The topological polar surface area (TPSA) is 108 Å². The SMILES string of the molecule is O=C(O)COCCNC(=O)N1CCOC(CO)C1. The number of aliphatic hydroxyl groups is 1. The fourth-order valence-electron chi connectivity index (χ4n) is 1.52. The summed E-state index contributed by atoms with van der Waals surface area (Å²) in [7, 11) is 0. The van der Waals surface area contributed by atoms with Crippen LogP contribution < -0.4 is 5.32 Å². The van der Waals surface area contributed by atoms with E-state index in [0.717, 1.165) is 0 Å². The number of carbonyl (C=O) groups excluding carboxylic acids is 1. The van der Waals surface area contributed by atoms with Gasteiger partial charge in [0, 0.05) is 13.1 Å². The van der Waals surface area contributed by atoms with E-state index in [4.69, 9.17) is 19.7 Å². The molecule has 0 aromatic heterocycles. The van der Waals surface area contributed by atoms with Gasteiger partial charge < -0.3 is 29.9 Å². The molecule has 1 rings (SSSR count). The van der Waals surface area contributed by atoms with Crippen LogP contribution in [0.3, 0.4) is 0 Å². The highest BCUT2D eigenvalue weighted by atomic mass is 16.5. The lowest BCUT2D eigenvalue weighted by Crippen LogP contribution is -2.51. The van der Waals surface area contributed by atoms with Gasteiger partial charge in [0.15, 0.2) is 0 Å². The molecule has 0 aromatic rings. The Kier molecular flexibility index (Phi) is 6.40. The molecule has 0 bridgehead atoms. The standard InChI is InChI=1S/C10H18N2O6/c13-6-8-5-12(2-4-18-8)10(16)11-1-3-17-7-9(14)15/h8,13H,1-7H2,(H,11,16)(H,14,15). The molecular formula is C10H18N2O6. The van der Waals surface area contributed by atoms with Crippen molar-refractivity contribution in [1.29, 1.82) is 0 Å². The minimum atomic E-state index is -1.04. The summed E-state index contributed by atoms with van der Waals surface area (Å²) in [6.07, 6.45) is -0.340. The lowest BCUT2D eigenvalue weighted by Gasteiger charge is -2.32. The Morgan fingerprint density at radius 2 is 2.28 bits per heavy atom. The first kappa shape index (κ1) is 14.7. The van der Waals surface area contributed by atoms with Crippen molar-refractivity contribution in [3.8, 4) is 0 Å². The Morgan fingerprint density at radius 3 is 2.94 bits per heavy atom. The van der Waals surface area contributed by atoms with Gasteiger partial charge in [-0.2, -0.15) is 0 Å². The zero-order valence-corrected chi connectivity index (χ0v) is 10.0. The third-order valence-electron chi connectivity index (χ3n) is 2.38. The van der Waals surface area contributed by atoms with E-state index in [1.165, 1.54) is 0 Å². The minimum absolute atomic E-state index is 0.120. The van der Waals surface area contributed by atoms with Crippen molar-refractivity contribution < 1.29 is 29.3 Å². The summed E-state index contributed by atoms with van der Waals surface area (Å²) in [4.78, 5) is 23.4. The number of urea groups is 1. The number of ether oxygens (including phenoxy) is 2. The Labute approximate surface area is 104 Å². The van der Waals surface area contributed by atoms with E-state index in [1.807, 2.05) is 0 Å². The van der Waals surface area contributed by atoms with Crippen molar-refractivity contribution in [2.45, 2.75) is 6.10 Å². The molecule has 0 aromatic carbocycles. The number of morpholine rings is 1. The molecule has 1 aliphatic rings. The first-order valence-electron chi connectivity index (χ1n) is 5.68. The number of amides is 2. The van der Waals surface area contributed by atoms with Crippen LogP contribution in [0.4, 0.5) is 4.79 Å². The molecule has 8 heteroatoms. The maximum absolute atomic E-state index is 11.7. The van der Waals surface area contributed by atoms with Gasteiger partial charge in [-0.25, -0.2) is 9.59 Å². The molecule has 1 heterocycles. The van der Waals surface area contributed by atoms with Crippen molar-refractivity contribution in [3.05, 3.63) is 0 Å². The van der Waals surface area contributed by atoms with Crippen LogP contribution in [0.2, 0.25) is 0 Å². The van der Waals surface area contributed by atoms with Crippen molar-refractivity contribution in [2.75, 3.05) is 46.1 Å². The Balaban J connectivity index is 2.14. The normalized spacial score (nSPS) is 19.6. The van der Waals surface area contributed by atoms with Crippen LogP contribution in [0.5, 0.6) is 0 Å². The second-order valence-electron chi connectivity index (χ2n) is 3.80. The lowest BCUT2D eigenvalue weighted by atomic mass is 10.3. The molecule has 2 amide bonds. The first-order chi connectivity index (χ1) is 8.63. The average molecular weight is 262 g/mol. The molecule has 1 atom stereocenters. The second kappa shape index (κ2) is 7.85. The largest absolute Gasteiger partial charge is 0.480 e. The predicted molar refractivity (Wildman–Crippen MR) is 60.3 cm³/mol. The second-order valence-corrected chi connectivity index (χ2v) is 3.80. The molecular weight excluding hydrogens is 244 g/mol. The summed E-state index contributed by atoms with van der Waals surface area (Å²) in [6, 6.07) is -0.268. The van der Waals surface area contributed by atoms with E-state index in [0.29, 0.717) is 19.7 Å². The smallest absolute Gasteiger partial charge is 0.329 e.